The minimum atomic E-state index is -1.01. The molecule has 0 unspecified atom stereocenters. The van der Waals surface area contributed by atoms with Crippen molar-refractivity contribution in [2.75, 3.05) is 0 Å². The second kappa shape index (κ2) is 4.47. The quantitative estimate of drug-likeness (QED) is 0.856. The summed E-state index contributed by atoms with van der Waals surface area (Å²) in [7, 11) is 0. The van der Waals surface area contributed by atoms with Crippen LogP contribution in [-0.2, 0) is 4.79 Å². The summed E-state index contributed by atoms with van der Waals surface area (Å²) in [5.41, 5.74) is 7.21. The zero-order chi connectivity index (χ0) is 11.5. The fraction of sp³-hybridized carbons (Fsp3) is 0.0833. The molecule has 0 saturated heterocycles. The number of carboxylic acid groups (broad SMARTS) is 1. The Morgan fingerprint density at radius 2 is 1.94 bits per heavy atom. The van der Waals surface area contributed by atoms with Gasteiger partial charge in [0.25, 0.3) is 0 Å². The first-order valence-electron chi connectivity index (χ1n) is 4.80. The van der Waals surface area contributed by atoms with Crippen molar-refractivity contribution in [3.8, 4) is 10.4 Å². The van der Waals surface area contributed by atoms with Crippen LogP contribution in [0.2, 0.25) is 0 Å². The maximum Gasteiger partial charge on any atom is 0.325 e. The van der Waals surface area contributed by atoms with Crippen LogP contribution in [0, 0.1) is 0 Å². The van der Waals surface area contributed by atoms with Gasteiger partial charge in [0.15, 0.2) is 0 Å². The summed E-state index contributed by atoms with van der Waals surface area (Å²) in [6, 6.07) is 10.4. The van der Waals surface area contributed by atoms with Crippen molar-refractivity contribution in [2.24, 2.45) is 5.73 Å². The standard InChI is InChI=1S/C12H11NO2S/c13-11(12(14)15)9-5-3-8(4-6-9)10-2-1-7-16-10/h1-7,11H,13H2,(H,14,15)/t11-/m0/s1. The summed E-state index contributed by atoms with van der Waals surface area (Å²) >= 11 is 1.65. The lowest BCUT2D eigenvalue weighted by molar-refractivity contribution is -0.138. The van der Waals surface area contributed by atoms with E-state index in [1.807, 2.05) is 29.6 Å². The SMILES string of the molecule is N[C@H](C(=O)O)c1ccc(-c2cccs2)cc1. The first kappa shape index (κ1) is 10.9. The molecule has 0 radical (unpaired) electrons. The largest absolute Gasteiger partial charge is 0.480 e. The third-order valence-electron chi connectivity index (χ3n) is 2.34. The van der Waals surface area contributed by atoms with Gasteiger partial charge in [-0.3, -0.25) is 4.79 Å². The highest BCUT2D eigenvalue weighted by molar-refractivity contribution is 7.13. The van der Waals surface area contributed by atoms with Crippen molar-refractivity contribution >= 4 is 17.3 Å². The molecule has 3 nitrogen and oxygen atoms in total. The number of hydrogen-bond donors (Lipinski definition) is 2. The van der Waals surface area contributed by atoms with Crippen LogP contribution in [0.1, 0.15) is 11.6 Å². The first-order chi connectivity index (χ1) is 7.68. The summed E-state index contributed by atoms with van der Waals surface area (Å²) in [5.74, 6) is -1.01. The molecule has 1 heterocycles. The van der Waals surface area contributed by atoms with Gasteiger partial charge in [0, 0.05) is 4.88 Å². The highest BCUT2D eigenvalue weighted by Crippen LogP contribution is 2.25. The molecule has 0 aliphatic rings. The molecule has 0 amide bonds. The Morgan fingerprint density at radius 3 is 2.44 bits per heavy atom. The molecular formula is C12H11NO2S. The fourth-order valence-electron chi connectivity index (χ4n) is 1.44. The molecule has 82 valence electrons. The molecule has 0 aliphatic carbocycles. The van der Waals surface area contributed by atoms with Crippen molar-refractivity contribution < 1.29 is 9.90 Å². The van der Waals surface area contributed by atoms with Gasteiger partial charge in [-0.2, -0.15) is 0 Å². The van der Waals surface area contributed by atoms with Crippen LogP contribution >= 0.6 is 11.3 Å². The molecule has 1 aromatic heterocycles. The van der Waals surface area contributed by atoms with Crippen LogP contribution < -0.4 is 5.73 Å². The second-order valence-corrected chi connectivity index (χ2v) is 4.36. The molecule has 3 N–H and O–H groups in total. The van der Waals surface area contributed by atoms with E-state index in [0.717, 1.165) is 10.4 Å². The zero-order valence-corrected chi connectivity index (χ0v) is 9.28. The molecule has 4 heteroatoms. The summed E-state index contributed by atoms with van der Waals surface area (Å²) in [6.07, 6.45) is 0. The van der Waals surface area contributed by atoms with Gasteiger partial charge in [0.05, 0.1) is 0 Å². The fourth-order valence-corrected chi connectivity index (χ4v) is 2.17. The van der Waals surface area contributed by atoms with E-state index >= 15 is 0 Å². The van der Waals surface area contributed by atoms with Crippen LogP contribution in [0.15, 0.2) is 41.8 Å². The summed E-state index contributed by atoms with van der Waals surface area (Å²) in [6.45, 7) is 0. The van der Waals surface area contributed by atoms with E-state index in [2.05, 4.69) is 0 Å². The molecule has 2 rings (SSSR count). The Labute approximate surface area is 97.2 Å². The minimum absolute atomic E-state index is 0.618. The molecule has 0 fully saturated rings. The number of thiophene rings is 1. The summed E-state index contributed by atoms with van der Waals surface area (Å²) in [4.78, 5) is 11.9. The van der Waals surface area contributed by atoms with E-state index in [9.17, 15) is 4.79 Å². The average molecular weight is 233 g/mol. The van der Waals surface area contributed by atoms with Crippen molar-refractivity contribution in [3.63, 3.8) is 0 Å². The highest BCUT2D eigenvalue weighted by atomic mass is 32.1. The Hall–Kier alpha value is -1.65. The van der Waals surface area contributed by atoms with Crippen molar-refractivity contribution in [1.29, 1.82) is 0 Å². The lowest BCUT2D eigenvalue weighted by atomic mass is 10.1. The molecule has 0 aliphatic heterocycles. The van der Waals surface area contributed by atoms with E-state index in [1.165, 1.54) is 0 Å². The van der Waals surface area contributed by atoms with Gasteiger partial charge in [-0.15, -0.1) is 11.3 Å². The van der Waals surface area contributed by atoms with Gasteiger partial charge in [0.1, 0.15) is 6.04 Å². The molecule has 16 heavy (non-hydrogen) atoms. The van der Waals surface area contributed by atoms with E-state index in [-0.39, 0.29) is 0 Å². The Balaban J connectivity index is 2.26. The maximum absolute atomic E-state index is 10.7. The lowest BCUT2D eigenvalue weighted by Gasteiger charge is -2.07. The number of carbonyl (C=O) groups is 1. The molecule has 0 spiro atoms. The molecule has 1 atom stereocenters. The van der Waals surface area contributed by atoms with Gasteiger partial charge < -0.3 is 10.8 Å². The smallest absolute Gasteiger partial charge is 0.325 e. The predicted molar refractivity (Wildman–Crippen MR) is 64.3 cm³/mol. The number of hydrogen-bond acceptors (Lipinski definition) is 3. The number of carboxylic acids is 1. The predicted octanol–water partition coefficient (Wildman–Crippen LogP) is 2.50. The van der Waals surface area contributed by atoms with E-state index in [4.69, 9.17) is 10.8 Å². The number of aliphatic carboxylic acids is 1. The minimum Gasteiger partial charge on any atom is -0.480 e. The van der Waals surface area contributed by atoms with Gasteiger partial charge in [-0.1, -0.05) is 30.3 Å². The zero-order valence-electron chi connectivity index (χ0n) is 8.46. The number of rotatable bonds is 3. The van der Waals surface area contributed by atoms with Crippen LogP contribution in [0.5, 0.6) is 0 Å². The van der Waals surface area contributed by atoms with Crippen LogP contribution in [0.4, 0.5) is 0 Å². The lowest BCUT2D eigenvalue weighted by Crippen LogP contribution is -2.20. The van der Waals surface area contributed by atoms with Gasteiger partial charge in [-0.25, -0.2) is 0 Å². The average Bonchev–Trinajstić information content (AvgIpc) is 2.81. The summed E-state index contributed by atoms with van der Waals surface area (Å²) in [5, 5.41) is 10.8. The molecule has 2 aromatic rings. The van der Waals surface area contributed by atoms with Gasteiger partial charge >= 0.3 is 5.97 Å². The van der Waals surface area contributed by atoms with E-state index in [1.54, 1.807) is 23.5 Å². The van der Waals surface area contributed by atoms with Crippen molar-refractivity contribution in [3.05, 3.63) is 47.3 Å². The summed E-state index contributed by atoms with van der Waals surface area (Å²) < 4.78 is 0. The molecular weight excluding hydrogens is 222 g/mol. The van der Waals surface area contributed by atoms with Crippen molar-refractivity contribution in [2.45, 2.75) is 6.04 Å². The molecule has 0 saturated carbocycles. The van der Waals surface area contributed by atoms with Crippen LogP contribution in [0.25, 0.3) is 10.4 Å². The highest BCUT2D eigenvalue weighted by Gasteiger charge is 2.13. The molecule has 0 bridgehead atoms. The normalized spacial score (nSPS) is 12.3. The first-order valence-corrected chi connectivity index (χ1v) is 5.68. The monoisotopic (exact) mass is 233 g/mol. The Kier molecular flexibility index (Phi) is 3.03. The second-order valence-electron chi connectivity index (χ2n) is 3.42. The molecule has 1 aromatic carbocycles. The van der Waals surface area contributed by atoms with Gasteiger partial charge in [-0.05, 0) is 22.6 Å². The van der Waals surface area contributed by atoms with Gasteiger partial charge in [0.2, 0.25) is 0 Å². The third kappa shape index (κ3) is 2.13. The van der Waals surface area contributed by atoms with Crippen LogP contribution in [0.3, 0.4) is 0 Å². The number of benzene rings is 1. The van der Waals surface area contributed by atoms with Crippen LogP contribution in [-0.4, -0.2) is 11.1 Å². The topological polar surface area (TPSA) is 63.3 Å². The van der Waals surface area contributed by atoms with E-state index in [0.29, 0.717) is 5.56 Å². The van der Waals surface area contributed by atoms with Crippen molar-refractivity contribution in [1.82, 2.24) is 0 Å². The Bertz CT molecular complexity index is 476. The Morgan fingerprint density at radius 1 is 1.25 bits per heavy atom. The maximum atomic E-state index is 10.7. The number of nitrogens with two attached hydrogens (primary N) is 1. The van der Waals surface area contributed by atoms with E-state index < -0.39 is 12.0 Å². The third-order valence-corrected chi connectivity index (χ3v) is 3.26.